The van der Waals surface area contributed by atoms with E-state index >= 15 is 0 Å². The SMILES string of the molecule is O=c1c2[nH]ncc2nnn1Cc1cccc(Cl)c1. The van der Waals surface area contributed by atoms with Crippen molar-refractivity contribution in [3.05, 3.63) is 51.4 Å². The molecule has 7 heteroatoms. The van der Waals surface area contributed by atoms with E-state index in [9.17, 15) is 4.79 Å². The Hall–Kier alpha value is -2.21. The number of rotatable bonds is 2. The molecule has 90 valence electrons. The predicted octanol–water partition coefficient (Wildman–Crippen LogP) is 1.22. The van der Waals surface area contributed by atoms with Gasteiger partial charge in [-0.05, 0) is 17.7 Å². The van der Waals surface area contributed by atoms with Crippen LogP contribution >= 0.6 is 11.6 Å². The first-order valence-corrected chi connectivity index (χ1v) is 5.63. The summed E-state index contributed by atoms with van der Waals surface area (Å²) in [4.78, 5) is 12.0. The number of hydrogen-bond acceptors (Lipinski definition) is 4. The Morgan fingerprint density at radius 1 is 1.39 bits per heavy atom. The third-order valence-electron chi connectivity index (χ3n) is 2.55. The van der Waals surface area contributed by atoms with Gasteiger partial charge in [0, 0.05) is 5.02 Å². The smallest absolute Gasteiger partial charge is 0.271 e. The molecular formula is C11H8ClN5O. The molecule has 0 saturated heterocycles. The number of halogens is 1. The maximum atomic E-state index is 12.0. The minimum Gasteiger partial charge on any atom is -0.271 e. The van der Waals surface area contributed by atoms with Crippen molar-refractivity contribution in [3.8, 4) is 0 Å². The topological polar surface area (TPSA) is 76.5 Å². The van der Waals surface area contributed by atoms with Gasteiger partial charge in [-0.2, -0.15) is 5.10 Å². The number of hydrogen-bond donors (Lipinski definition) is 1. The number of aromatic amines is 1. The molecule has 0 aliphatic rings. The second-order valence-electron chi connectivity index (χ2n) is 3.81. The Labute approximate surface area is 106 Å². The zero-order valence-electron chi connectivity index (χ0n) is 9.17. The van der Waals surface area contributed by atoms with Crippen molar-refractivity contribution in [1.82, 2.24) is 25.2 Å². The van der Waals surface area contributed by atoms with Crippen LogP contribution in [0.4, 0.5) is 0 Å². The maximum Gasteiger partial charge on any atom is 0.295 e. The highest BCUT2D eigenvalue weighted by Crippen LogP contribution is 2.11. The van der Waals surface area contributed by atoms with E-state index in [1.165, 1.54) is 10.9 Å². The van der Waals surface area contributed by atoms with Gasteiger partial charge in [-0.15, -0.1) is 5.10 Å². The standard InChI is InChI=1S/C11H8ClN5O/c12-8-3-1-2-7(4-8)6-17-11(18)10-9(14-16-17)5-13-15-10/h1-5H,6H2,(H,13,15). The van der Waals surface area contributed by atoms with Gasteiger partial charge in [0.15, 0.2) is 5.52 Å². The van der Waals surface area contributed by atoms with Crippen molar-refractivity contribution < 1.29 is 0 Å². The molecule has 0 bridgehead atoms. The predicted molar refractivity (Wildman–Crippen MR) is 66.5 cm³/mol. The van der Waals surface area contributed by atoms with Crippen LogP contribution in [0.15, 0.2) is 35.3 Å². The van der Waals surface area contributed by atoms with Gasteiger partial charge in [-0.25, -0.2) is 4.68 Å². The summed E-state index contributed by atoms with van der Waals surface area (Å²) >= 11 is 5.89. The second kappa shape index (κ2) is 4.23. The quantitative estimate of drug-likeness (QED) is 0.752. The first-order valence-electron chi connectivity index (χ1n) is 5.25. The average molecular weight is 262 g/mol. The van der Waals surface area contributed by atoms with Gasteiger partial charge < -0.3 is 0 Å². The van der Waals surface area contributed by atoms with E-state index < -0.39 is 0 Å². The van der Waals surface area contributed by atoms with E-state index in [1.807, 2.05) is 12.1 Å². The Bertz CT molecular complexity index is 763. The van der Waals surface area contributed by atoms with E-state index in [2.05, 4.69) is 20.5 Å². The molecule has 0 fully saturated rings. The summed E-state index contributed by atoms with van der Waals surface area (Å²) in [7, 11) is 0. The third-order valence-corrected chi connectivity index (χ3v) is 2.78. The number of aromatic nitrogens is 5. The highest BCUT2D eigenvalue weighted by Gasteiger charge is 2.07. The Kier molecular flexibility index (Phi) is 2.56. The van der Waals surface area contributed by atoms with Gasteiger partial charge in [0.25, 0.3) is 5.56 Å². The van der Waals surface area contributed by atoms with Gasteiger partial charge in [-0.3, -0.25) is 9.89 Å². The molecule has 0 atom stereocenters. The highest BCUT2D eigenvalue weighted by atomic mass is 35.5. The van der Waals surface area contributed by atoms with Gasteiger partial charge in [-0.1, -0.05) is 28.9 Å². The maximum absolute atomic E-state index is 12.0. The number of benzene rings is 1. The second-order valence-corrected chi connectivity index (χ2v) is 4.25. The average Bonchev–Trinajstić information content (AvgIpc) is 2.82. The zero-order chi connectivity index (χ0) is 12.5. The van der Waals surface area contributed by atoms with Crippen LogP contribution in [-0.4, -0.2) is 25.2 Å². The van der Waals surface area contributed by atoms with Crippen molar-refractivity contribution in [2.45, 2.75) is 6.54 Å². The molecule has 1 aromatic carbocycles. The molecule has 6 nitrogen and oxygen atoms in total. The van der Waals surface area contributed by atoms with Crippen LogP contribution in [0.1, 0.15) is 5.56 Å². The van der Waals surface area contributed by atoms with Gasteiger partial charge in [0.05, 0.1) is 12.7 Å². The summed E-state index contributed by atoms with van der Waals surface area (Å²) in [6.45, 7) is 0.321. The van der Waals surface area contributed by atoms with E-state index in [1.54, 1.807) is 12.1 Å². The van der Waals surface area contributed by atoms with Crippen LogP contribution in [0, 0.1) is 0 Å². The molecule has 0 spiro atoms. The molecule has 0 amide bonds. The van der Waals surface area contributed by atoms with Crippen molar-refractivity contribution in [1.29, 1.82) is 0 Å². The summed E-state index contributed by atoms with van der Waals surface area (Å²) in [5, 5.41) is 14.8. The van der Waals surface area contributed by atoms with Crippen LogP contribution < -0.4 is 5.56 Å². The summed E-state index contributed by atoms with van der Waals surface area (Å²) in [6.07, 6.45) is 1.47. The Morgan fingerprint density at radius 2 is 2.28 bits per heavy atom. The van der Waals surface area contributed by atoms with Gasteiger partial charge in [0.1, 0.15) is 5.52 Å². The van der Waals surface area contributed by atoms with Crippen molar-refractivity contribution in [3.63, 3.8) is 0 Å². The summed E-state index contributed by atoms with van der Waals surface area (Å²) in [5.41, 5.74) is 1.45. The molecule has 2 aromatic heterocycles. The normalized spacial score (nSPS) is 10.9. The minimum atomic E-state index is -0.252. The summed E-state index contributed by atoms with van der Waals surface area (Å²) < 4.78 is 1.27. The molecular weight excluding hydrogens is 254 g/mol. The van der Waals surface area contributed by atoms with E-state index in [0.717, 1.165) is 5.56 Å². The molecule has 0 aliphatic heterocycles. The highest BCUT2D eigenvalue weighted by molar-refractivity contribution is 6.30. The van der Waals surface area contributed by atoms with Crippen LogP contribution in [0.25, 0.3) is 11.0 Å². The largest absolute Gasteiger partial charge is 0.295 e. The lowest BCUT2D eigenvalue weighted by Gasteiger charge is -2.03. The first-order chi connectivity index (χ1) is 8.74. The fraction of sp³-hybridized carbons (Fsp3) is 0.0909. The molecule has 2 heterocycles. The van der Waals surface area contributed by atoms with Crippen molar-refractivity contribution in [2.24, 2.45) is 0 Å². The first kappa shape index (κ1) is 10.9. The van der Waals surface area contributed by atoms with E-state index in [-0.39, 0.29) is 5.56 Å². The number of nitrogens with zero attached hydrogens (tertiary/aromatic N) is 4. The molecule has 0 aliphatic carbocycles. The van der Waals surface area contributed by atoms with Gasteiger partial charge in [0.2, 0.25) is 0 Å². The summed E-state index contributed by atoms with van der Waals surface area (Å²) in [6, 6.07) is 7.26. The lowest BCUT2D eigenvalue weighted by molar-refractivity contribution is 0.600. The zero-order valence-corrected chi connectivity index (χ0v) is 9.92. The lowest BCUT2D eigenvalue weighted by atomic mass is 10.2. The summed E-state index contributed by atoms with van der Waals surface area (Å²) in [5.74, 6) is 0. The van der Waals surface area contributed by atoms with Crippen LogP contribution in [0.3, 0.4) is 0 Å². The van der Waals surface area contributed by atoms with Crippen molar-refractivity contribution >= 4 is 22.6 Å². The van der Waals surface area contributed by atoms with Gasteiger partial charge >= 0.3 is 0 Å². The number of nitrogens with one attached hydrogen (secondary N) is 1. The fourth-order valence-electron chi connectivity index (χ4n) is 1.70. The molecule has 3 aromatic rings. The number of H-pyrrole nitrogens is 1. The number of fused-ring (bicyclic) bond motifs is 1. The van der Waals surface area contributed by atoms with Crippen LogP contribution in [0.2, 0.25) is 5.02 Å². The molecule has 3 rings (SSSR count). The molecule has 0 unspecified atom stereocenters. The van der Waals surface area contributed by atoms with Crippen molar-refractivity contribution in [2.75, 3.05) is 0 Å². The Balaban J connectivity index is 2.05. The molecule has 0 radical (unpaired) electrons. The monoisotopic (exact) mass is 261 g/mol. The van der Waals surface area contributed by atoms with Crippen LogP contribution in [-0.2, 0) is 6.54 Å². The lowest BCUT2D eigenvalue weighted by Crippen LogP contribution is -2.24. The molecule has 1 N–H and O–H groups in total. The van der Waals surface area contributed by atoms with Crippen LogP contribution in [0.5, 0.6) is 0 Å². The van der Waals surface area contributed by atoms with E-state index in [0.29, 0.717) is 22.6 Å². The molecule has 0 saturated carbocycles. The minimum absolute atomic E-state index is 0.252. The molecule has 18 heavy (non-hydrogen) atoms. The Morgan fingerprint density at radius 3 is 3.11 bits per heavy atom. The third kappa shape index (κ3) is 1.86. The van der Waals surface area contributed by atoms with E-state index in [4.69, 9.17) is 11.6 Å². The fourth-order valence-corrected chi connectivity index (χ4v) is 1.91.